The average Bonchev–Trinajstić information content (AvgIpc) is 3.30. The predicted molar refractivity (Wildman–Crippen MR) is 108 cm³/mol. The molecule has 8 nitrogen and oxygen atoms in total. The number of H-pyrrole nitrogens is 1. The Morgan fingerprint density at radius 3 is 2.75 bits per heavy atom. The van der Waals surface area contributed by atoms with Gasteiger partial charge in [-0.3, -0.25) is 9.89 Å². The Labute approximate surface area is 164 Å². The Balaban J connectivity index is 1.91. The van der Waals surface area contributed by atoms with Gasteiger partial charge in [-0.05, 0) is 38.1 Å². The number of benzene rings is 1. The molecule has 0 spiro atoms. The molecule has 0 aliphatic carbocycles. The van der Waals surface area contributed by atoms with Crippen molar-refractivity contribution in [1.29, 1.82) is 0 Å². The minimum absolute atomic E-state index is 0.187. The maximum Gasteiger partial charge on any atom is 0.275 e. The second-order valence-electron chi connectivity index (χ2n) is 6.25. The van der Waals surface area contributed by atoms with E-state index in [4.69, 9.17) is 16.1 Å². The quantitative estimate of drug-likeness (QED) is 0.500. The van der Waals surface area contributed by atoms with E-state index in [0.717, 1.165) is 5.56 Å². The van der Waals surface area contributed by atoms with E-state index in [0.29, 0.717) is 45.7 Å². The van der Waals surface area contributed by atoms with Gasteiger partial charge in [-0.25, -0.2) is 4.98 Å². The van der Waals surface area contributed by atoms with Crippen LogP contribution in [0.25, 0.3) is 28.5 Å². The maximum atomic E-state index is 12.6. The topological polar surface area (TPSA) is 101 Å². The van der Waals surface area contributed by atoms with E-state index in [-0.39, 0.29) is 11.4 Å². The summed E-state index contributed by atoms with van der Waals surface area (Å²) in [6.45, 7) is 7.71. The lowest BCUT2D eigenvalue weighted by Gasteiger charge is -2.01. The van der Waals surface area contributed by atoms with Crippen LogP contribution in [0.4, 0.5) is 5.82 Å². The lowest BCUT2D eigenvalue weighted by molar-refractivity contribution is 0.432. The Hall–Kier alpha value is -3.39. The first-order chi connectivity index (χ1) is 13.5. The molecule has 0 bridgehead atoms. The van der Waals surface area contributed by atoms with Gasteiger partial charge >= 0.3 is 0 Å². The first-order valence-electron chi connectivity index (χ1n) is 8.56. The zero-order valence-corrected chi connectivity index (χ0v) is 16.0. The largest absolute Gasteiger partial charge is 0.366 e. The van der Waals surface area contributed by atoms with E-state index < -0.39 is 0 Å². The second-order valence-corrected chi connectivity index (χ2v) is 6.68. The highest BCUT2D eigenvalue weighted by atomic mass is 35.5. The van der Waals surface area contributed by atoms with E-state index in [2.05, 4.69) is 32.1 Å². The van der Waals surface area contributed by atoms with Crippen molar-refractivity contribution in [2.75, 3.05) is 11.9 Å². The van der Waals surface area contributed by atoms with Gasteiger partial charge < -0.3 is 9.84 Å². The summed E-state index contributed by atoms with van der Waals surface area (Å²) in [5, 5.41) is 10.9. The fraction of sp³-hybridized carbons (Fsp3) is 0.158. The summed E-state index contributed by atoms with van der Waals surface area (Å²) in [5.41, 5.74) is 2.71. The molecule has 0 saturated carbocycles. The van der Waals surface area contributed by atoms with Crippen LogP contribution in [0.15, 0.2) is 46.2 Å². The summed E-state index contributed by atoms with van der Waals surface area (Å²) in [6, 6.07) is 7.12. The van der Waals surface area contributed by atoms with Crippen molar-refractivity contribution in [2.24, 2.45) is 0 Å². The molecule has 1 aromatic carbocycles. The van der Waals surface area contributed by atoms with Crippen LogP contribution < -0.4 is 10.9 Å². The van der Waals surface area contributed by atoms with Crippen LogP contribution in [-0.2, 0) is 0 Å². The van der Waals surface area contributed by atoms with Crippen molar-refractivity contribution in [3.8, 4) is 22.8 Å². The standard InChI is InChI=1S/C19H17ClN6O2/c1-4-9-21-16-14(17-22-11(3)10(2)19(27)26(17)24-16)18-23-15(25-28-18)12-5-7-13(20)8-6-12/h4-8,21,24H,1,9H2,2-3H3. The minimum atomic E-state index is -0.187. The van der Waals surface area contributed by atoms with Gasteiger partial charge in [-0.15, -0.1) is 6.58 Å². The number of nitrogens with zero attached hydrogens (tertiary/aromatic N) is 4. The molecule has 3 heterocycles. The molecule has 0 radical (unpaired) electrons. The van der Waals surface area contributed by atoms with Crippen molar-refractivity contribution in [2.45, 2.75) is 13.8 Å². The molecule has 142 valence electrons. The fourth-order valence-electron chi connectivity index (χ4n) is 2.81. The van der Waals surface area contributed by atoms with Crippen molar-refractivity contribution in [1.82, 2.24) is 24.7 Å². The molecule has 0 amide bonds. The Kier molecular flexibility index (Phi) is 4.48. The van der Waals surface area contributed by atoms with E-state index >= 15 is 0 Å². The number of halogens is 1. The lowest BCUT2D eigenvalue weighted by atomic mass is 10.2. The molecule has 28 heavy (non-hydrogen) atoms. The van der Waals surface area contributed by atoms with Crippen LogP contribution in [0.3, 0.4) is 0 Å². The molecule has 0 saturated heterocycles. The lowest BCUT2D eigenvalue weighted by Crippen LogP contribution is -2.19. The third-order valence-electron chi connectivity index (χ3n) is 4.41. The molecule has 4 aromatic rings. The average molecular weight is 397 g/mol. The van der Waals surface area contributed by atoms with Crippen LogP contribution in [-0.4, -0.2) is 31.3 Å². The van der Waals surface area contributed by atoms with Crippen LogP contribution in [0.5, 0.6) is 0 Å². The third-order valence-corrected chi connectivity index (χ3v) is 4.67. The number of rotatable bonds is 5. The fourth-order valence-corrected chi connectivity index (χ4v) is 2.93. The van der Waals surface area contributed by atoms with Gasteiger partial charge in [0.1, 0.15) is 11.4 Å². The number of anilines is 1. The number of fused-ring (bicyclic) bond motifs is 1. The van der Waals surface area contributed by atoms with E-state index in [9.17, 15) is 4.79 Å². The molecule has 9 heteroatoms. The van der Waals surface area contributed by atoms with Gasteiger partial charge in [-0.1, -0.05) is 22.8 Å². The molecular formula is C19H17ClN6O2. The third kappa shape index (κ3) is 2.97. The molecular weight excluding hydrogens is 380 g/mol. The molecule has 0 aliphatic rings. The van der Waals surface area contributed by atoms with Gasteiger partial charge in [0.15, 0.2) is 5.65 Å². The molecule has 3 aromatic heterocycles. The first-order valence-corrected chi connectivity index (χ1v) is 8.94. The predicted octanol–water partition coefficient (Wildman–Crippen LogP) is 3.61. The highest BCUT2D eigenvalue weighted by Crippen LogP contribution is 2.31. The number of aromatic amines is 1. The summed E-state index contributed by atoms with van der Waals surface area (Å²) in [4.78, 5) is 21.7. The zero-order valence-electron chi connectivity index (χ0n) is 15.3. The molecule has 4 rings (SSSR count). The van der Waals surface area contributed by atoms with Gasteiger partial charge in [0.05, 0.1) is 0 Å². The Morgan fingerprint density at radius 1 is 1.29 bits per heavy atom. The minimum Gasteiger partial charge on any atom is -0.366 e. The number of aromatic nitrogens is 5. The van der Waals surface area contributed by atoms with Crippen molar-refractivity contribution >= 4 is 23.1 Å². The summed E-state index contributed by atoms with van der Waals surface area (Å²) >= 11 is 5.94. The van der Waals surface area contributed by atoms with Crippen molar-refractivity contribution < 1.29 is 4.52 Å². The summed E-state index contributed by atoms with van der Waals surface area (Å²) in [6.07, 6.45) is 1.70. The molecule has 0 aliphatic heterocycles. The molecule has 0 unspecified atom stereocenters. The smallest absolute Gasteiger partial charge is 0.275 e. The Bertz CT molecular complexity index is 1240. The van der Waals surface area contributed by atoms with E-state index in [1.54, 1.807) is 44.2 Å². The van der Waals surface area contributed by atoms with E-state index in [1.165, 1.54) is 4.52 Å². The van der Waals surface area contributed by atoms with Crippen LogP contribution in [0.1, 0.15) is 11.3 Å². The van der Waals surface area contributed by atoms with Crippen molar-refractivity contribution in [3.63, 3.8) is 0 Å². The van der Waals surface area contributed by atoms with Crippen molar-refractivity contribution in [3.05, 3.63) is 63.6 Å². The van der Waals surface area contributed by atoms with Crippen LogP contribution in [0, 0.1) is 13.8 Å². The number of hydrogen-bond acceptors (Lipinski definition) is 6. The van der Waals surface area contributed by atoms with Crippen LogP contribution in [0.2, 0.25) is 5.02 Å². The molecule has 2 N–H and O–H groups in total. The van der Waals surface area contributed by atoms with Gasteiger partial charge in [0, 0.05) is 28.4 Å². The maximum absolute atomic E-state index is 12.6. The van der Waals surface area contributed by atoms with Gasteiger partial charge in [0.25, 0.3) is 11.4 Å². The highest BCUT2D eigenvalue weighted by molar-refractivity contribution is 6.30. The van der Waals surface area contributed by atoms with Crippen LogP contribution >= 0.6 is 11.6 Å². The summed E-state index contributed by atoms with van der Waals surface area (Å²) < 4.78 is 6.87. The number of aryl methyl sites for hydroxylation is 1. The summed E-state index contributed by atoms with van der Waals surface area (Å²) in [7, 11) is 0. The zero-order chi connectivity index (χ0) is 19.8. The van der Waals surface area contributed by atoms with Gasteiger partial charge in [0.2, 0.25) is 5.82 Å². The normalized spacial score (nSPS) is 11.1. The number of nitrogens with one attached hydrogen (secondary N) is 2. The number of hydrogen-bond donors (Lipinski definition) is 2. The second kappa shape index (κ2) is 6.97. The first kappa shape index (κ1) is 18.0. The SMILES string of the molecule is C=CCNc1[nH]n2c(=O)c(C)c(C)nc2c1-c1nc(-c2ccc(Cl)cc2)no1. The Morgan fingerprint density at radius 2 is 2.04 bits per heavy atom. The van der Waals surface area contributed by atoms with Gasteiger partial charge in [-0.2, -0.15) is 9.50 Å². The highest BCUT2D eigenvalue weighted by Gasteiger charge is 2.23. The monoisotopic (exact) mass is 396 g/mol. The molecule has 0 atom stereocenters. The molecule has 0 fully saturated rings. The van der Waals surface area contributed by atoms with E-state index in [1.807, 2.05) is 0 Å². The summed E-state index contributed by atoms with van der Waals surface area (Å²) in [5.74, 6) is 1.19.